The van der Waals surface area contributed by atoms with Crippen molar-refractivity contribution in [2.24, 2.45) is 0 Å². The monoisotopic (exact) mass is 195 g/mol. The van der Waals surface area contributed by atoms with Crippen LogP contribution in [-0.4, -0.2) is 42.5 Å². The van der Waals surface area contributed by atoms with Gasteiger partial charge in [0.05, 0.1) is 0 Å². The lowest BCUT2D eigenvalue weighted by Gasteiger charge is -2.11. The molecule has 3 N–H and O–H groups in total. The van der Waals surface area contributed by atoms with Crippen LogP contribution in [0.3, 0.4) is 0 Å². The fourth-order valence-electron chi connectivity index (χ4n) is 0.619. The molecule has 0 saturated carbocycles. The van der Waals surface area contributed by atoms with Gasteiger partial charge in [0.25, 0.3) is 0 Å². The minimum Gasteiger partial charge on any atom is -0.321 e. The van der Waals surface area contributed by atoms with Crippen LogP contribution in [0, 0.1) is 0 Å². The van der Waals surface area contributed by atoms with Gasteiger partial charge < -0.3 is 9.88 Å². The molecule has 0 aromatic rings. The summed E-state index contributed by atoms with van der Waals surface area (Å²) in [6.45, 7) is 4.74. The molecule has 0 saturated heterocycles. The Kier molecular flexibility index (Phi) is 4.45. The van der Waals surface area contributed by atoms with Gasteiger partial charge in [-0.15, -0.1) is 0 Å². The fourth-order valence-corrected chi connectivity index (χ4v) is 1.36. The van der Waals surface area contributed by atoms with Crippen molar-refractivity contribution in [3.63, 3.8) is 0 Å². The molecule has 0 unspecified atom stereocenters. The number of hydrogen-bond acceptors (Lipinski definition) is 3. The van der Waals surface area contributed by atoms with Gasteiger partial charge in [-0.1, -0.05) is 0 Å². The number of hydrogen-bond donors (Lipinski definition) is 2. The minimum atomic E-state index is -2.06. The molecule has 6 heteroatoms. The van der Waals surface area contributed by atoms with E-state index in [1.165, 1.54) is 6.92 Å². The molecule has 0 aliphatic heterocycles. The Morgan fingerprint density at radius 2 is 2.08 bits per heavy atom. The summed E-state index contributed by atoms with van der Waals surface area (Å²) < 4.78 is 11.1. The molecule has 0 aliphatic carbocycles. The van der Waals surface area contributed by atoms with Crippen LogP contribution in [0.2, 0.25) is 0 Å². The summed E-state index contributed by atoms with van der Waals surface area (Å²) in [7, 11) is -2.06. The highest BCUT2D eigenvalue weighted by Crippen LogP contribution is 2.31. The third kappa shape index (κ3) is 6.34. The standard InChI is InChI=1S/C6H15N2O3P/c1-6(9)8(10)4-7-5-12(2,3)11/h7,10H,4-5H2,1-3H3/p+1. The molecule has 0 bridgehead atoms. The molecule has 0 radical (unpaired) electrons. The fraction of sp³-hybridized carbons (Fsp3) is 0.833. The lowest BCUT2D eigenvalue weighted by atomic mass is 10.7. The van der Waals surface area contributed by atoms with Gasteiger partial charge >= 0.3 is 0 Å². The van der Waals surface area contributed by atoms with E-state index in [4.69, 9.17) is 5.21 Å². The molecule has 0 aromatic heterocycles. The Hall–Kier alpha value is -0.380. The van der Waals surface area contributed by atoms with E-state index in [0.29, 0.717) is 11.3 Å². The number of amides is 1. The van der Waals surface area contributed by atoms with Crippen LogP contribution in [0.4, 0.5) is 0 Å². The molecule has 0 aliphatic rings. The van der Waals surface area contributed by atoms with Gasteiger partial charge in [-0.05, 0) is 13.3 Å². The topological polar surface area (TPSA) is 74.2 Å². The zero-order valence-corrected chi connectivity index (χ0v) is 8.54. The molecule has 0 fully saturated rings. The summed E-state index contributed by atoms with van der Waals surface area (Å²) in [6.07, 6.45) is 0.442. The van der Waals surface area contributed by atoms with E-state index in [2.05, 4.69) is 0 Å². The first-order valence-electron chi connectivity index (χ1n) is 3.65. The predicted octanol–water partition coefficient (Wildman–Crippen LogP) is -0.675. The van der Waals surface area contributed by atoms with Crippen molar-refractivity contribution in [3.8, 4) is 0 Å². The quantitative estimate of drug-likeness (QED) is 0.270. The average Bonchev–Trinajstić information content (AvgIpc) is 1.84. The summed E-state index contributed by atoms with van der Waals surface area (Å²) >= 11 is 0. The molecule has 5 nitrogen and oxygen atoms in total. The predicted molar refractivity (Wildman–Crippen MR) is 45.4 cm³/mol. The maximum Gasteiger partial charge on any atom is 0.247 e. The van der Waals surface area contributed by atoms with Gasteiger partial charge in [-0.25, -0.2) is 0 Å². The molecule has 0 spiro atoms. The zero-order valence-electron chi connectivity index (χ0n) is 7.65. The van der Waals surface area contributed by atoms with E-state index in [-0.39, 0.29) is 6.67 Å². The van der Waals surface area contributed by atoms with E-state index < -0.39 is 13.0 Å². The summed E-state index contributed by atoms with van der Waals surface area (Å²) in [5.41, 5.74) is 0. The van der Waals surface area contributed by atoms with Crippen LogP contribution in [0.1, 0.15) is 6.92 Å². The Bertz CT molecular complexity index is 201. The Morgan fingerprint density at radius 1 is 1.58 bits per heavy atom. The zero-order chi connectivity index (χ0) is 9.78. The smallest absolute Gasteiger partial charge is 0.247 e. The van der Waals surface area contributed by atoms with Crippen molar-refractivity contribution in [1.82, 2.24) is 5.06 Å². The van der Waals surface area contributed by atoms with Gasteiger partial charge in [0.15, 0.2) is 6.67 Å². The van der Waals surface area contributed by atoms with Crippen molar-refractivity contribution in [2.75, 3.05) is 26.3 Å². The van der Waals surface area contributed by atoms with Gasteiger partial charge in [0.1, 0.15) is 13.4 Å². The molecule has 12 heavy (non-hydrogen) atoms. The third-order valence-corrected chi connectivity index (χ3v) is 2.37. The van der Waals surface area contributed by atoms with Crippen molar-refractivity contribution < 1.29 is 19.9 Å². The summed E-state index contributed by atoms with van der Waals surface area (Å²) in [4.78, 5) is 10.5. The molecular formula is C6H16N2O3P+. The second kappa shape index (κ2) is 4.60. The molecule has 0 rings (SSSR count). The minimum absolute atomic E-state index is 0.140. The molecule has 0 heterocycles. The van der Waals surface area contributed by atoms with Crippen LogP contribution < -0.4 is 5.32 Å². The second-order valence-corrected chi connectivity index (χ2v) is 6.66. The Balaban J connectivity index is 3.58. The first kappa shape index (κ1) is 11.6. The maximum atomic E-state index is 11.1. The SMILES string of the molecule is CC(=O)N(O)C[NH2+]CP(C)(C)=O. The van der Waals surface area contributed by atoms with E-state index in [1.807, 2.05) is 0 Å². The molecular weight excluding hydrogens is 179 g/mol. The van der Waals surface area contributed by atoms with Crippen LogP contribution in [-0.2, 0) is 9.36 Å². The van der Waals surface area contributed by atoms with Gasteiger partial charge in [0.2, 0.25) is 5.91 Å². The van der Waals surface area contributed by atoms with E-state index in [9.17, 15) is 9.36 Å². The number of hydroxylamine groups is 2. The van der Waals surface area contributed by atoms with Crippen LogP contribution >= 0.6 is 7.14 Å². The second-order valence-electron chi connectivity index (χ2n) is 3.15. The Morgan fingerprint density at radius 3 is 2.42 bits per heavy atom. The van der Waals surface area contributed by atoms with Gasteiger partial charge in [-0.3, -0.25) is 10.0 Å². The molecule has 0 aromatic carbocycles. The van der Waals surface area contributed by atoms with Crippen LogP contribution in [0.15, 0.2) is 0 Å². The van der Waals surface area contributed by atoms with Gasteiger partial charge in [0, 0.05) is 6.92 Å². The number of carbonyl (C=O) groups excluding carboxylic acids is 1. The van der Waals surface area contributed by atoms with E-state index in [0.717, 1.165) is 0 Å². The Labute approximate surface area is 72.1 Å². The first-order valence-corrected chi connectivity index (χ1v) is 6.44. The molecule has 0 atom stereocenters. The summed E-state index contributed by atoms with van der Waals surface area (Å²) in [6, 6.07) is 0. The van der Waals surface area contributed by atoms with Crippen molar-refractivity contribution in [1.29, 1.82) is 0 Å². The lowest BCUT2D eigenvalue weighted by Crippen LogP contribution is -2.87. The average molecular weight is 195 g/mol. The number of nitrogens with zero attached hydrogens (tertiary/aromatic N) is 1. The number of nitrogens with two attached hydrogens (primary N) is 1. The van der Waals surface area contributed by atoms with E-state index >= 15 is 0 Å². The van der Waals surface area contributed by atoms with Gasteiger partial charge in [-0.2, -0.15) is 5.06 Å². The maximum absolute atomic E-state index is 11.1. The lowest BCUT2D eigenvalue weighted by molar-refractivity contribution is -0.663. The van der Waals surface area contributed by atoms with E-state index in [1.54, 1.807) is 18.6 Å². The number of quaternary nitrogens is 1. The molecule has 1 amide bonds. The highest BCUT2D eigenvalue weighted by molar-refractivity contribution is 7.62. The number of rotatable bonds is 4. The normalized spacial score (nSPS) is 11.3. The van der Waals surface area contributed by atoms with Crippen molar-refractivity contribution in [2.45, 2.75) is 6.92 Å². The summed E-state index contributed by atoms with van der Waals surface area (Å²) in [5.74, 6) is -0.409. The van der Waals surface area contributed by atoms with Crippen molar-refractivity contribution >= 4 is 13.0 Å². The third-order valence-electron chi connectivity index (χ3n) is 1.23. The van der Waals surface area contributed by atoms with Crippen LogP contribution in [0.25, 0.3) is 0 Å². The highest BCUT2D eigenvalue weighted by Gasteiger charge is 2.11. The first-order chi connectivity index (χ1) is 5.33. The largest absolute Gasteiger partial charge is 0.321 e. The highest BCUT2D eigenvalue weighted by atomic mass is 31.2. The molecule has 72 valence electrons. The van der Waals surface area contributed by atoms with Crippen molar-refractivity contribution in [3.05, 3.63) is 0 Å². The summed E-state index contributed by atoms with van der Waals surface area (Å²) in [5, 5.41) is 11.1. The van der Waals surface area contributed by atoms with Crippen LogP contribution in [0.5, 0.6) is 0 Å². The number of carbonyl (C=O) groups is 1.